The van der Waals surface area contributed by atoms with Crippen LogP contribution in [0, 0.1) is 17.9 Å². The van der Waals surface area contributed by atoms with Gasteiger partial charge in [-0.2, -0.15) is 5.26 Å². The van der Waals surface area contributed by atoms with Gasteiger partial charge < -0.3 is 23.2 Å². The highest BCUT2D eigenvalue weighted by molar-refractivity contribution is 7.00. The third-order valence-corrected chi connectivity index (χ3v) is 16.6. The van der Waals surface area contributed by atoms with Crippen molar-refractivity contribution < 1.29 is 0 Å². The van der Waals surface area contributed by atoms with Gasteiger partial charge in [0, 0.05) is 71.4 Å². The Morgan fingerprint density at radius 2 is 0.816 bits per heavy atom. The number of nitrogens with zero attached hydrogens (tertiary/aromatic N) is 7. The minimum atomic E-state index is -0.260. The summed E-state index contributed by atoms with van der Waals surface area (Å²) in [7, 11) is 0. The highest BCUT2D eigenvalue weighted by Gasteiger charge is 2.46. The quantitative estimate of drug-likeness (QED) is 0.130. The average Bonchev–Trinajstić information content (AvgIpc) is 4.37. The summed E-state index contributed by atoms with van der Waals surface area (Å²) >= 11 is 0. The zero-order valence-corrected chi connectivity index (χ0v) is 40.6. The van der Waals surface area contributed by atoms with E-state index in [9.17, 15) is 11.8 Å². The van der Waals surface area contributed by atoms with E-state index in [2.05, 4.69) is 259 Å². The number of hydrogen-bond acceptors (Lipinski definition) is 2. The smallest absolute Gasteiger partial charge is 0.250 e. The maximum absolute atomic E-state index is 12.2. The minimum absolute atomic E-state index is 0.260. The van der Waals surface area contributed by atoms with E-state index >= 15 is 0 Å². The Balaban J connectivity index is 1.06. The molecule has 0 fully saturated rings. The molecule has 0 amide bonds. The van der Waals surface area contributed by atoms with E-state index in [1.54, 1.807) is 0 Å². The van der Waals surface area contributed by atoms with Crippen LogP contribution in [0.1, 0.15) is 5.56 Å². The van der Waals surface area contributed by atoms with Crippen LogP contribution in [0.3, 0.4) is 0 Å². The lowest BCUT2D eigenvalue weighted by Gasteiger charge is -2.42. The van der Waals surface area contributed by atoms with Gasteiger partial charge in [0.2, 0.25) is 5.69 Å². The minimum Gasteiger partial charge on any atom is -0.320 e. The van der Waals surface area contributed by atoms with E-state index in [4.69, 9.17) is 0 Å². The molecule has 4 aromatic heterocycles. The SMILES string of the molecule is [C-]#[N+]c1c(-n2c3ccc(-n4c5ccccc5c5ccccc54)cc3c3cc(-n4c5ccccc5c5ccccc54)ccc32)c(C#N)c2c3c1-n1c4ccccc4c4cccc(c41)B3c1ccccc1N2c1ccccc1. The molecular weight excluding hydrogens is 926 g/mol. The highest BCUT2D eigenvalue weighted by Crippen LogP contribution is 2.51. The number of fused-ring (bicyclic) bond motifs is 16. The molecule has 2 aliphatic rings. The fourth-order valence-corrected chi connectivity index (χ4v) is 13.7. The van der Waals surface area contributed by atoms with Crippen molar-refractivity contribution in [3.63, 3.8) is 0 Å². The van der Waals surface area contributed by atoms with Crippen LogP contribution < -0.4 is 21.3 Å². The van der Waals surface area contributed by atoms with Gasteiger partial charge in [-0.25, -0.2) is 4.85 Å². The molecule has 7 nitrogen and oxygen atoms in total. The molecule has 76 heavy (non-hydrogen) atoms. The molecule has 348 valence electrons. The Morgan fingerprint density at radius 3 is 1.36 bits per heavy atom. The molecule has 0 saturated carbocycles. The van der Waals surface area contributed by atoms with Crippen LogP contribution in [0.2, 0.25) is 0 Å². The zero-order valence-electron chi connectivity index (χ0n) is 40.6. The summed E-state index contributed by atoms with van der Waals surface area (Å²) in [4.78, 5) is 6.96. The second-order valence-corrected chi connectivity index (χ2v) is 20.1. The summed E-state index contributed by atoms with van der Waals surface area (Å²) in [5.74, 6) is 0. The molecule has 0 atom stereocenters. The number of nitriles is 1. The van der Waals surface area contributed by atoms with E-state index in [1.807, 2.05) is 6.07 Å². The van der Waals surface area contributed by atoms with Gasteiger partial charge in [0.1, 0.15) is 6.07 Å². The first-order valence-corrected chi connectivity index (χ1v) is 25.7. The second-order valence-electron chi connectivity index (χ2n) is 20.1. The predicted octanol–water partition coefficient (Wildman–Crippen LogP) is 15.1. The molecule has 0 bridgehead atoms. The van der Waals surface area contributed by atoms with Gasteiger partial charge in [0.25, 0.3) is 6.71 Å². The first-order chi connectivity index (χ1) is 37.7. The molecule has 17 rings (SSSR count). The topological polar surface area (TPSA) is 51.1 Å². The Morgan fingerprint density at radius 1 is 0.368 bits per heavy atom. The fourth-order valence-electron chi connectivity index (χ4n) is 13.7. The summed E-state index contributed by atoms with van der Waals surface area (Å²) in [5, 5.41) is 21.3. The van der Waals surface area contributed by atoms with Crippen LogP contribution in [0.4, 0.5) is 22.7 Å². The molecule has 6 heterocycles. The van der Waals surface area contributed by atoms with Gasteiger partial charge in [-0.3, -0.25) is 0 Å². The molecule has 15 aromatic rings. The lowest BCUT2D eigenvalue weighted by molar-refractivity contribution is 1.12. The van der Waals surface area contributed by atoms with Crippen LogP contribution >= 0.6 is 0 Å². The van der Waals surface area contributed by atoms with Crippen LogP contribution in [0.5, 0.6) is 0 Å². The number of para-hydroxylation sites is 8. The molecule has 11 aromatic carbocycles. The van der Waals surface area contributed by atoms with Crippen molar-refractivity contribution in [2.24, 2.45) is 0 Å². The number of anilines is 3. The lowest BCUT2D eigenvalue weighted by atomic mass is 9.33. The van der Waals surface area contributed by atoms with E-state index in [0.29, 0.717) is 16.9 Å². The molecule has 0 aliphatic carbocycles. The molecular formula is C68H38BN7. The molecule has 2 aliphatic heterocycles. The molecule has 0 radical (unpaired) electrons. The van der Waals surface area contributed by atoms with Crippen molar-refractivity contribution in [2.75, 3.05) is 4.90 Å². The van der Waals surface area contributed by atoms with Crippen molar-refractivity contribution in [1.29, 1.82) is 5.26 Å². The lowest BCUT2D eigenvalue weighted by Crippen LogP contribution is -2.60. The highest BCUT2D eigenvalue weighted by atomic mass is 15.2. The first kappa shape index (κ1) is 41.0. The van der Waals surface area contributed by atoms with E-state index in [1.165, 1.54) is 21.5 Å². The summed E-state index contributed by atoms with van der Waals surface area (Å²) in [6.45, 7) is 9.30. The fraction of sp³-hybridized carbons (Fsp3) is 0. The van der Waals surface area contributed by atoms with Gasteiger partial charge in [0.05, 0.1) is 67.8 Å². The summed E-state index contributed by atoms with van der Waals surface area (Å²) < 4.78 is 9.32. The maximum Gasteiger partial charge on any atom is 0.250 e. The average molecular weight is 964 g/mol. The Hall–Kier alpha value is -10.5. The normalized spacial score (nSPS) is 12.7. The van der Waals surface area contributed by atoms with E-state index in [-0.39, 0.29) is 6.71 Å². The Labute approximate surface area is 435 Å². The zero-order chi connectivity index (χ0) is 49.9. The van der Waals surface area contributed by atoms with E-state index in [0.717, 1.165) is 116 Å². The van der Waals surface area contributed by atoms with Crippen LogP contribution in [0.15, 0.2) is 231 Å². The third-order valence-electron chi connectivity index (χ3n) is 16.6. The predicted molar refractivity (Wildman–Crippen MR) is 314 cm³/mol. The number of hydrogen-bond donors (Lipinski definition) is 0. The Kier molecular flexibility index (Phi) is 8.10. The summed E-state index contributed by atoms with van der Waals surface area (Å²) in [5.41, 5.74) is 18.6. The molecule has 0 spiro atoms. The first-order valence-electron chi connectivity index (χ1n) is 25.7. The van der Waals surface area contributed by atoms with Crippen molar-refractivity contribution >= 4 is 133 Å². The van der Waals surface area contributed by atoms with Gasteiger partial charge in [-0.05, 0) is 101 Å². The van der Waals surface area contributed by atoms with Gasteiger partial charge in [-0.15, -0.1) is 0 Å². The monoisotopic (exact) mass is 963 g/mol. The molecule has 8 heteroatoms. The standard InChI is InChI=1S/C68H38BN7/c1-71-64-67(52(40-70)66-63-68(64)76-59-32-15-9-24-48(59)49-25-17-27-54(65(49)76)69(63)53-26-10-16-33-62(53)74(66)41-18-3-2-4-19-41)75-60-36-34-42(72-55-28-11-5-20-44(55)45-21-6-12-29-56(45)72)38-50(60)51-39-43(35-37-61(51)75)73-57-30-13-7-22-46(57)47-23-8-14-31-58(47)73/h2-39H. The van der Waals surface area contributed by atoms with Crippen LogP contribution in [0.25, 0.3) is 115 Å². The van der Waals surface area contributed by atoms with Gasteiger partial charge in [0.15, 0.2) is 0 Å². The summed E-state index contributed by atoms with van der Waals surface area (Å²) in [6, 6.07) is 85.0. The maximum atomic E-state index is 12.2. The van der Waals surface area contributed by atoms with Crippen molar-refractivity contribution in [2.45, 2.75) is 0 Å². The third kappa shape index (κ3) is 5.14. The van der Waals surface area contributed by atoms with Crippen molar-refractivity contribution in [3.8, 4) is 28.8 Å². The molecule has 0 saturated heterocycles. The Bertz CT molecular complexity index is 4890. The number of rotatable bonds is 4. The number of aromatic nitrogens is 4. The largest absolute Gasteiger partial charge is 0.320 e. The van der Waals surface area contributed by atoms with Crippen LogP contribution in [-0.2, 0) is 0 Å². The number of benzene rings is 11. The second kappa shape index (κ2) is 15.0. The van der Waals surface area contributed by atoms with Crippen LogP contribution in [-0.4, -0.2) is 25.0 Å². The molecule has 0 N–H and O–H groups in total. The summed E-state index contributed by atoms with van der Waals surface area (Å²) in [6.07, 6.45) is 0. The van der Waals surface area contributed by atoms with Crippen molar-refractivity contribution in [3.05, 3.63) is 248 Å². The molecule has 0 unspecified atom stereocenters. The van der Waals surface area contributed by atoms with E-state index < -0.39 is 0 Å². The van der Waals surface area contributed by atoms with Gasteiger partial charge >= 0.3 is 0 Å². The van der Waals surface area contributed by atoms with Gasteiger partial charge in [-0.1, -0.05) is 146 Å². The van der Waals surface area contributed by atoms with Crippen molar-refractivity contribution in [1.82, 2.24) is 18.3 Å².